The number of nitrogens with zero attached hydrogens (tertiary/aromatic N) is 1. The third kappa shape index (κ3) is 4.83. The molecule has 0 aliphatic heterocycles. The fourth-order valence-electron chi connectivity index (χ4n) is 3.57. The molecule has 1 heterocycles. The third-order valence-electron chi connectivity index (χ3n) is 5.37. The smallest absolute Gasteiger partial charge is 0.262 e. The van der Waals surface area contributed by atoms with E-state index in [0.717, 1.165) is 11.1 Å². The van der Waals surface area contributed by atoms with E-state index in [1.807, 2.05) is 55.5 Å². The van der Waals surface area contributed by atoms with Gasteiger partial charge in [-0.15, -0.1) is 0 Å². The number of benzene rings is 3. The maximum atomic E-state index is 12.4. The molecule has 0 atom stereocenters. The van der Waals surface area contributed by atoms with E-state index in [1.165, 1.54) is 11.1 Å². The van der Waals surface area contributed by atoms with Crippen molar-refractivity contribution in [3.05, 3.63) is 77.4 Å². The summed E-state index contributed by atoms with van der Waals surface area (Å²) in [4.78, 5) is 17.0. The highest BCUT2D eigenvalue weighted by atomic mass is 16.5. The summed E-state index contributed by atoms with van der Waals surface area (Å²) < 4.78 is 11.6. The zero-order valence-corrected chi connectivity index (χ0v) is 19.2. The minimum Gasteiger partial charge on any atom is -0.484 e. The summed E-state index contributed by atoms with van der Waals surface area (Å²) in [6, 6.07) is 19.4. The first kappa shape index (κ1) is 21.6. The highest BCUT2D eigenvalue weighted by molar-refractivity contribution is 5.94. The van der Waals surface area contributed by atoms with Crippen molar-refractivity contribution in [2.45, 2.75) is 40.0 Å². The fraction of sp³-hybridized carbons (Fsp3) is 0.259. The first-order valence-corrected chi connectivity index (χ1v) is 10.7. The van der Waals surface area contributed by atoms with Gasteiger partial charge in [0.1, 0.15) is 11.3 Å². The maximum absolute atomic E-state index is 12.4. The van der Waals surface area contributed by atoms with E-state index in [1.54, 1.807) is 6.07 Å². The quantitative estimate of drug-likeness (QED) is 0.398. The normalized spacial score (nSPS) is 11.5. The van der Waals surface area contributed by atoms with Crippen LogP contribution < -0.4 is 10.1 Å². The van der Waals surface area contributed by atoms with Gasteiger partial charge in [0.2, 0.25) is 5.89 Å². The molecule has 5 nitrogen and oxygen atoms in total. The van der Waals surface area contributed by atoms with E-state index in [-0.39, 0.29) is 17.9 Å². The van der Waals surface area contributed by atoms with E-state index in [9.17, 15) is 4.79 Å². The molecule has 0 fully saturated rings. The summed E-state index contributed by atoms with van der Waals surface area (Å²) >= 11 is 0. The lowest BCUT2D eigenvalue weighted by atomic mass is 9.87. The van der Waals surface area contributed by atoms with E-state index in [2.05, 4.69) is 44.1 Å². The van der Waals surface area contributed by atoms with Gasteiger partial charge < -0.3 is 14.5 Å². The monoisotopic (exact) mass is 428 g/mol. The molecule has 1 amide bonds. The second-order valence-corrected chi connectivity index (χ2v) is 9.13. The summed E-state index contributed by atoms with van der Waals surface area (Å²) in [5.41, 5.74) is 6.57. The number of aromatic nitrogens is 1. The Morgan fingerprint density at radius 3 is 2.44 bits per heavy atom. The van der Waals surface area contributed by atoms with Gasteiger partial charge in [-0.3, -0.25) is 4.79 Å². The van der Waals surface area contributed by atoms with E-state index >= 15 is 0 Å². The Morgan fingerprint density at radius 1 is 1.00 bits per heavy atom. The summed E-state index contributed by atoms with van der Waals surface area (Å²) in [7, 11) is 0. The van der Waals surface area contributed by atoms with Crippen molar-refractivity contribution >= 4 is 22.7 Å². The number of hydrogen-bond donors (Lipinski definition) is 1. The van der Waals surface area contributed by atoms with Crippen LogP contribution >= 0.6 is 0 Å². The molecule has 5 heteroatoms. The molecule has 3 aromatic carbocycles. The van der Waals surface area contributed by atoms with Gasteiger partial charge >= 0.3 is 0 Å². The number of aryl methyl sites for hydroxylation is 2. The fourth-order valence-corrected chi connectivity index (χ4v) is 3.57. The van der Waals surface area contributed by atoms with Crippen molar-refractivity contribution < 1.29 is 13.9 Å². The molecule has 0 unspecified atom stereocenters. The van der Waals surface area contributed by atoms with Gasteiger partial charge in [0, 0.05) is 11.3 Å². The van der Waals surface area contributed by atoms with Crippen molar-refractivity contribution in [2.24, 2.45) is 0 Å². The number of fused-ring (bicyclic) bond motifs is 1. The second kappa shape index (κ2) is 8.50. The van der Waals surface area contributed by atoms with Crippen molar-refractivity contribution in [1.29, 1.82) is 0 Å². The standard InChI is InChI=1S/C27H28N2O3/c1-17-6-12-22(18(2)14-17)26-29-23-15-20(9-13-24(23)32-26)28-25(30)16-31-21-10-7-19(8-11-21)27(3,4)5/h6-15H,16H2,1-5H3,(H,28,30). The predicted octanol–water partition coefficient (Wildman–Crippen LogP) is 6.43. The molecule has 32 heavy (non-hydrogen) atoms. The number of anilines is 1. The summed E-state index contributed by atoms with van der Waals surface area (Å²) in [6.45, 7) is 10.5. The Labute approximate surface area is 188 Å². The zero-order valence-electron chi connectivity index (χ0n) is 19.2. The number of ether oxygens (including phenoxy) is 1. The summed E-state index contributed by atoms with van der Waals surface area (Å²) in [6.07, 6.45) is 0. The molecular weight excluding hydrogens is 400 g/mol. The number of nitrogens with one attached hydrogen (secondary N) is 1. The Balaban J connectivity index is 1.42. The van der Waals surface area contributed by atoms with Crippen LogP contribution in [0.4, 0.5) is 5.69 Å². The van der Waals surface area contributed by atoms with Gasteiger partial charge in [-0.05, 0) is 66.8 Å². The van der Waals surface area contributed by atoms with Gasteiger partial charge in [0.15, 0.2) is 12.2 Å². The molecule has 4 rings (SSSR count). The summed E-state index contributed by atoms with van der Waals surface area (Å²) in [5.74, 6) is 1.00. The minimum atomic E-state index is -0.234. The molecule has 0 radical (unpaired) electrons. The van der Waals surface area contributed by atoms with Gasteiger partial charge in [0.05, 0.1) is 0 Å². The molecule has 0 aliphatic carbocycles. The van der Waals surface area contributed by atoms with Crippen LogP contribution in [0.2, 0.25) is 0 Å². The van der Waals surface area contributed by atoms with Crippen molar-refractivity contribution in [3.8, 4) is 17.2 Å². The van der Waals surface area contributed by atoms with Crippen molar-refractivity contribution in [3.63, 3.8) is 0 Å². The SMILES string of the molecule is Cc1ccc(-c2nc3cc(NC(=O)COc4ccc(C(C)(C)C)cc4)ccc3o2)c(C)c1. The summed E-state index contributed by atoms with van der Waals surface area (Å²) in [5, 5.41) is 2.86. The van der Waals surface area contributed by atoms with Gasteiger partial charge in [-0.1, -0.05) is 50.6 Å². The highest BCUT2D eigenvalue weighted by Crippen LogP contribution is 2.29. The molecule has 0 saturated carbocycles. The largest absolute Gasteiger partial charge is 0.484 e. The van der Waals surface area contributed by atoms with Crippen molar-refractivity contribution in [2.75, 3.05) is 11.9 Å². The molecule has 0 bridgehead atoms. The highest BCUT2D eigenvalue weighted by Gasteiger charge is 2.14. The molecule has 1 aromatic heterocycles. The lowest BCUT2D eigenvalue weighted by Gasteiger charge is -2.19. The Hall–Kier alpha value is -3.60. The van der Waals surface area contributed by atoms with Crippen LogP contribution in [0.25, 0.3) is 22.6 Å². The first-order chi connectivity index (χ1) is 15.2. The van der Waals surface area contributed by atoms with Crippen LogP contribution in [-0.2, 0) is 10.2 Å². The Bertz CT molecular complexity index is 1260. The zero-order chi connectivity index (χ0) is 22.9. The molecule has 4 aromatic rings. The van der Waals surface area contributed by atoms with Crippen LogP contribution in [0.3, 0.4) is 0 Å². The van der Waals surface area contributed by atoms with E-state index < -0.39 is 0 Å². The van der Waals surface area contributed by atoms with Gasteiger partial charge in [-0.2, -0.15) is 0 Å². The lowest BCUT2D eigenvalue weighted by Crippen LogP contribution is -2.20. The Morgan fingerprint density at radius 2 is 1.75 bits per heavy atom. The average Bonchev–Trinajstić information content (AvgIpc) is 3.15. The number of amides is 1. The van der Waals surface area contributed by atoms with Crippen LogP contribution in [0.1, 0.15) is 37.5 Å². The van der Waals surface area contributed by atoms with Crippen LogP contribution in [-0.4, -0.2) is 17.5 Å². The molecule has 164 valence electrons. The van der Waals surface area contributed by atoms with E-state index in [4.69, 9.17) is 9.15 Å². The first-order valence-electron chi connectivity index (χ1n) is 10.7. The van der Waals surface area contributed by atoms with Crippen LogP contribution in [0.15, 0.2) is 65.1 Å². The number of oxazole rings is 1. The lowest BCUT2D eigenvalue weighted by molar-refractivity contribution is -0.118. The topological polar surface area (TPSA) is 64.4 Å². The molecule has 0 saturated heterocycles. The third-order valence-corrected chi connectivity index (χ3v) is 5.37. The van der Waals surface area contributed by atoms with Crippen LogP contribution in [0, 0.1) is 13.8 Å². The number of rotatable bonds is 5. The van der Waals surface area contributed by atoms with Crippen molar-refractivity contribution in [1.82, 2.24) is 4.98 Å². The maximum Gasteiger partial charge on any atom is 0.262 e. The predicted molar refractivity (Wildman–Crippen MR) is 128 cm³/mol. The Kier molecular flexibility index (Phi) is 5.74. The average molecular weight is 429 g/mol. The minimum absolute atomic E-state index is 0.0699. The number of carbonyl (C=O) groups is 1. The second-order valence-electron chi connectivity index (χ2n) is 9.13. The molecular formula is C27H28N2O3. The molecule has 0 spiro atoms. The number of carbonyl (C=O) groups excluding carboxylic acids is 1. The van der Waals surface area contributed by atoms with Crippen LogP contribution in [0.5, 0.6) is 5.75 Å². The van der Waals surface area contributed by atoms with E-state index in [0.29, 0.717) is 28.4 Å². The van der Waals surface area contributed by atoms with Gasteiger partial charge in [0.25, 0.3) is 5.91 Å². The molecule has 1 N–H and O–H groups in total. The van der Waals surface area contributed by atoms with Gasteiger partial charge in [-0.25, -0.2) is 4.98 Å². The molecule has 0 aliphatic rings. The number of hydrogen-bond acceptors (Lipinski definition) is 4.